The third-order valence-corrected chi connectivity index (χ3v) is 14.5. The number of allylic oxidation sites excluding steroid dienone is 3. The van der Waals surface area contributed by atoms with Crippen LogP contribution in [0.5, 0.6) is 0 Å². The second-order valence-electron chi connectivity index (χ2n) is 16.3. The van der Waals surface area contributed by atoms with E-state index in [1.807, 2.05) is 0 Å². The minimum atomic E-state index is -1.17. The molecule has 1 aliphatic heterocycles. The monoisotopic (exact) mass is 586 g/mol. The van der Waals surface area contributed by atoms with Gasteiger partial charge >= 0.3 is 5.97 Å². The first kappa shape index (κ1) is 30.8. The lowest BCUT2D eigenvalue weighted by molar-refractivity contribution is -0.258. The van der Waals surface area contributed by atoms with Gasteiger partial charge in [0.05, 0.1) is 18.1 Å². The van der Waals surface area contributed by atoms with Gasteiger partial charge in [0.1, 0.15) is 18.3 Å². The average molecular weight is 587 g/mol. The van der Waals surface area contributed by atoms with E-state index >= 15 is 0 Å². The number of hydrogen-bond donors (Lipinski definition) is 4. The molecule has 7 nitrogen and oxygen atoms in total. The van der Waals surface area contributed by atoms with E-state index < -0.39 is 36.0 Å². The Labute approximate surface area is 251 Å². The maximum absolute atomic E-state index is 12.9. The Morgan fingerprint density at radius 2 is 1.69 bits per heavy atom. The largest absolute Gasteiger partial charge is 0.481 e. The zero-order valence-corrected chi connectivity index (χ0v) is 26.8. The van der Waals surface area contributed by atoms with E-state index in [2.05, 4.69) is 54.5 Å². The molecule has 7 heteroatoms. The molecule has 3 saturated carbocycles. The lowest BCUT2D eigenvalue weighted by Gasteiger charge is -2.70. The molecule has 0 aromatic carbocycles. The van der Waals surface area contributed by atoms with Crippen LogP contribution in [0.3, 0.4) is 0 Å². The molecule has 12 atom stereocenters. The summed E-state index contributed by atoms with van der Waals surface area (Å²) in [5, 5.41) is 41.0. The van der Waals surface area contributed by atoms with Crippen LogP contribution in [0.2, 0.25) is 0 Å². The SMILES string of the molecule is CC1=C2C3=CC[C@@H]4[C@@]5(C)CC[C@H](O[C@H]6O[C@H](CO)[C@H](O)[C@@H]6O)C(C)(C)[C@@H]5CC[C@@]4(C)[C@]3(C)CC[C@@]2(C(=O)O)CC[C@@H]1C. The van der Waals surface area contributed by atoms with Crippen molar-refractivity contribution in [2.75, 3.05) is 6.61 Å². The molecule has 0 unspecified atom stereocenters. The molecule has 0 aromatic rings. The highest BCUT2D eigenvalue weighted by Gasteiger charge is 2.68. The van der Waals surface area contributed by atoms with Crippen LogP contribution in [0.4, 0.5) is 0 Å². The third-order valence-electron chi connectivity index (χ3n) is 14.5. The van der Waals surface area contributed by atoms with Gasteiger partial charge in [0.2, 0.25) is 0 Å². The van der Waals surface area contributed by atoms with E-state index in [4.69, 9.17) is 9.47 Å². The Bertz CT molecular complexity index is 1190. The van der Waals surface area contributed by atoms with Gasteiger partial charge in [-0.3, -0.25) is 4.79 Å². The van der Waals surface area contributed by atoms with Gasteiger partial charge in [-0.1, -0.05) is 53.2 Å². The van der Waals surface area contributed by atoms with Gasteiger partial charge in [0.15, 0.2) is 6.29 Å². The van der Waals surface area contributed by atoms with E-state index in [-0.39, 0.29) is 34.4 Å². The standard InChI is InChI=1S/C35H54O7/c1-19-10-15-35(30(39)40)17-16-33(6)21(26(35)20(19)2)8-9-24-32(5)13-12-25(31(3,4)23(32)11-14-34(24,33)7)42-29-28(38)27(37)22(18-36)41-29/h8,19,22-25,27-29,36-38H,9-18H2,1-7H3,(H,39,40)/t19-,22+,23-,24+,25-,27-,28-,29+,32-,33+,34+,35-/m0/s1. The van der Waals surface area contributed by atoms with Crippen molar-refractivity contribution in [3.63, 3.8) is 0 Å². The van der Waals surface area contributed by atoms with Crippen molar-refractivity contribution < 1.29 is 34.7 Å². The predicted molar refractivity (Wildman–Crippen MR) is 159 cm³/mol. The molecule has 42 heavy (non-hydrogen) atoms. The number of hydrogen-bond acceptors (Lipinski definition) is 6. The molecule has 4 fully saturated rings. The number of carboxylic acids is 1. The Morgan fingerprint density at radius 3 is 2.33 bits per heavy atom. The molecular weight excluding hydrogens is 532 g/mol. The van der Waals surface area contributed by atoms with Crippen LogP contribution in [0, 0.1) is 44.8 Å². The number of aliphatic carboxylic acids is 1. The van der Waals surface area contributed by atoms with Crippen LogP contribution < -0.4 is 0 Å². The van der Waals surface area contributed by atoms with Gasteiger partial charge in [-0.25, -0.2) is 0 Å². The molecule has 1 heterocycles. The first-order valence-corrected chi connectivity index (χ1v) is 16.5. The van der Waals surface area contributed by atoms with E-state index in [0.29, 0.717) is 17.8 Å². The zero-order chi connectivity index (χ0) is 30.6. The van der Waals surface area contributed by atoms with Crippen LogP contribution in [-0.2, 0) is 14.3 Å². The lowest BCUT2D eigenvalue weighted by atomic mass is 9.34. The van der Waals surface area contributed by atoms with Crippen molar-refractivity contribution in [3.05, 3.63) is 22.8 Å². The highest BCUT2D eigenvalue weighted by atomic mass is 16.7. The molecular formula is C35H54O7. The Balaban J connectivity index is 1.33. The molecule has 0 spiro atoms. The fraction of sp³-hybridized carbons (Fsp3) is 0.857. The second-order valence-corrected chi connectivity index (χ2v) is 16.3. The van der Waals surface area contributed by atoms with E-state index in [9.17, 15) is 25.2 Å². The van der Waals surface area contributed by atoms with Gasteiger partial charge in [-0.2, -0.15) is 0 Å². The molecule has 5 aliphatic carbocycles. The summed E-state index contributed by atoms with van der Waals surface area (Å²) in [5.41, 5.74) is 3.00. The summed E-state index contributed by atoms with van der Waals surface area (Å²) in [4.78, 5) is 12.9. The fourth-order valence-electron chi connectivity index (χ4n) is 11.6. The lowest BCUT2D eigenvalue weighted by Crippen LogP contribution is -2.64. The fourth-order valence-corrected chi connectivity index (χ4v) is 11.6. The molecule has 0 bridgehead atoms. The number of carboxylic acid groups (broad SMARTS) is 1. The summed E-state index contributed by atoms with van der Waals surface area (Å²) in [6, 6.07) is 0. The van der Waals surface area contributed by atoms with Crippen LogP contribution >= 0.6 is 0 Å². The van der Waals surface area contributed by atoms with Gasteiger partial charge in [-0.05, 0) is 115 Å². The van der Waals surface area contributed by atoms with Gasteiger partial charge in [0.25, 0.3) is 0 Å². The molecule has 236 valence electrons. The van der Waals surface area contributed by atoms with Crippen molar-refractivity contribution in [2.45, 2.75) is 137 Å². The summed E-state index contributed by atoms with van der Waals surface area (Å²) in [6.45, 7) is 16.2. The molecule has 6 rings (SSSR count). The minimum absolute atomic E-state index is 0.0634. The van der Waals surface area contributed by atoms with Gasteiger partial charge < -0.3 is 29.9 Å². The Kier molecular flexibility index (Phi) is 7.23. The van der Waals surface area contributed by atoms with E-state index in [0.717, 1.165) is 57.8 Å². The van der Waals surface area contributed by atoms with Crippen molar-refractivity contribution in [3.8, 4) is 0 Å². The summed E-state index contributed by atoms with van der Waals surface area (Å²) in [6.07, 6.45) is 6.59. The van der Waals surface area contributed by atoms with Crippen LogP contribution in [0.1, 0.15) is 106 Å². The molecule has 0 radical (unpaired) electrons. The number of carbonyl (C=O) groups is 1. The number of ether oxygens (including phenoxy) is 2. The second kappa shape index (κ2) is 9.87. The first-order valence-electron chi connectivity index (χ1n) is 16.5. The number of aliphatic hydroxyl groups is 3. The number of rotatable bonds is 4. The molecule has 4 N–H and O–H groups in total. The van der Waals surface area contributed by atoms with Crippen molar-refractivity contribution in [2.24, 2.45) is 44.8 Å². The van der Waals surface area contributed by atoms with Crippen LogP contribution in [-0.4, -0.2) is 63.7 Å². The maximum atomic E-state index is 12.9. The van der Waals surface area contributed by atoms with Crippen LogP contribution in [0.15, 0.2) is 22.8 Å². The van der Waals surface area contributed by atoms with Gasteiger partial charge in [0, 0.05) is 0 Å². The van der Waals surface area contributed by atoms with E-state index in [1.54, 1.807) is 0 Å². The topological polar surface area (TPSA) is 116 Å². The van der Waals surface area contributed by atoms with Crippen molar-refractivity contribution in [1.29, 1.82) is 0 Å². The number of fused-ring (bicyclic) bond motifs is 7. The predicted octanol–water partition coefficient (Wildman–Crippen LogP) is 5.62. The van der Waals surface area contributed by atoms with Gasteiger partial charge in [-0.15, -0.1) is 0 Å². The summed E-state index contributed by atoms with van der Waals surface area (Å²) < 4.78 is 12.2. The Morgan fingerprint density at radius 1 is 0.976 bits per heavy atom. The normalized spacial score (nSPS) is 51.6. The molecule has 6 aliphatic rings. The van der Waals surface area contributed by atoms with Crippen molar-refractivity contribution in [1.82, 2.24) is 0 Å². The zero-order valence-electron chi connectivity index (χ0n) is 26.8. The smallest absolute Gasteiger partial charge is 0.314 e. The summed E-state index contributed by atoms with van der Waals surface area (Å²) in [7, 11) is 0. The summed E-state index contributed by atoms with van der Waals surface area (Å²) in [5.74, 6) is 0.673. The molecule has 0 amide bonds. The minimum Gasteiger partial charge on any atom is -0.481 e. The maximum Gasteiger partial charge on any atom is 0.314 e. The molecule has 0 aromatic heterocycles. The third kappa shape index (κ3) is 3.85. The Hall–Kier alpha value is -1.25. The molecule has 1 saturated heterocycles. The van der Waals surface area contributed by atoms with Crippen molar-refractivity contribution >= 4 is 5.97 Å². The first-order chi connectivity index (χ1) is 19.6. The van der Waals surface area contributed by atoms with E-state index in [1.165, 1.54) is 16.7 Å². The number of aliphatic hydroxyl groups excluding tert-OH is 3. The quantitative estimate of drug-likeness (QED) is 0.338. The summed E-state index contributed by atoms with van der Waals surface area (Å²) >= 11 is 0. The van der Waals surface area contributed by atoms with Crippen LogP contribution in [0.25, 0.3) is 0 Å². The highest BCUT2D eigenvalue weighted by Crippen LogP contribution is 2.75. The highest BCUT2D eigenvalue weighted by molar-refractivity contribution is 5.82. The average Bonchev–Trinajstić information content (AvgIpc) is 3.20.